The number of rotatable bonds is 6. The van der Waals surface area contributed by atoms with Crippen molar-refractivity contribution >= 4 is 32.6 Å². The Morgan fingerprint density at radius 3 is 2.00 bits per heavy atom. The molecule has 0 aliphatic rings. The first-order valence-corrected chi connectivity index (χ1v) is 8.78. The molecule has 2 aromatic heterocycles. The van der Waals surface area contributed by atoms with Gasteiger partial charge in [0, 0.05) is 6.08 Å². The van der Waals surface area contributed by atoms with E-state index in [4.69, 9.17) is 8.83 Å². The van der Waals surface area contributed by atoms with Crippen LogP contribution in [0.15, 0.2) is 68.3 Å². The Morgan fingerprint density at radius 2 is 1.44 bits per heavy atom. The zero-order valence-corrected chi connectivity index (χ0v) is 14.2. The van der Waals surface area contributed by atoms with Crippen LogP contribution in [0, 0.1) is 20.2 Å². The molecule has 138 valence electrons. The highest BCUT2D eigenvalue weighted by molar-refractivity contribution is 8.00. The third-order valence-electron chi connectivity index (χ3n) is 3.42. The van der Waals surface area contributed by atoms with Gasteiger partial charge in [-0.15, -0.1) is 0 Å². The van der Waals surface area contributed by atoms with E-state index in [1.807, 2.05) is 0 Å². The van der Waals surface area contributed by atoms with Crippen molar-refractivity contribution in [2.24, 2.45) is 0 Å². The molecule has 0 aliphatic heterocycles. The maximum absolute atomic E-state index is 13.0. The van der Waals surface area contributed by atoms with Gasteiger partial charge in [0.1, 0.15) is 20.5 Å². The van der Waals surface area contributed by atoms with Gasteiger partial charge in [0.05, 0.1) is 17.0 Å². The monoisotopic (exact) mass is 390 g/mol. The summed E-state index contributed by atoms with van der Waals surface area (Å²) in [5.74, 6) is -1.66. The van der Waals surface area contributed by atoms with Crippen LogP contribution in [0.5, 0.6) is 0 Å². The van der Waals surface area contributed by atoms with E-state index in [1.165, 1.54) is 30.3 Å². The topological polar surface area (TPSA) is 147 Å². The molecule has 3 rings (SSSR count). The molecule has 0 atom stereocenters. The van der Waals surface area contributed by atoms with E-state index < -0.39 is 36.4 Å². The fraction of sp³-hybridized carbons (Fsp3) is 0. The Hall–Kier alpha value is -3.73. The second kappa shape index (κ2) is 6.88. The Labute approximate surface area is 151 Å². The van der Waals surface area contributed by atoms with Gasteiger partial charge in [0.25, 0.3) is 0 Å². The van der Waals surface area contributed by atoms with Crippen molar-refractivity contribution in [3.05, 3.63) is 86.3 Å². The largest absolute Gasteiger partial charge is 0.433 e. The summed E-state index contributed by atoms with van der Waals surface area (Å²) in [5, 5.41) is 21.6. The smallest absolute Gasteiger partial charge is 0.401 e. The molecule has 0 saturated heterocycles. The maximum atomic E-state index is 13.0. The second-order valence-electron chi connectivity index (χ2n) is 5.15. The van der Waals surface area contributed by atoms with Gasteiger partial charge >= 0.3 is 11.8 Å². The first-order chi connectivity index (χ1) is 12.8. The number of sulfone groups is 1. The van der Waals surface area contributed by atoms with Crippen molar-refractivity contribution in [3.8, 4) is 0 Å². The van der Waals surface area contributed by atoms with Crippen LogP contribution < -0.4 is 0 Å². The number of hydrogen-bond acceptors (Lipinski definition) is 8. The molecule has 0 bridgehead atoms. The minimum absolute atomic E-state index is 0.0867. The summed E-state index contributed by atoms with van der Waals surface area (Å²) in [6.45, 7) is 0. The Kier molecular flexibility index (Phi) is 4.60. The number of nitrogens with zero attached hydrogens (tertiary/aromatic N) is 2. The highest BCUT2D eigenvalue weighted by Crippen LogP contribution is 2.33. The van der Waals surface area contributed by atoms with Gasteiger partial charge in [-0.1, -0.05) is 18.2 Å². The van der Waals surface area contributed by atoms with Crippen LogP contribution in [0.2, 0.25) is 0 Å². The summed E-state index contributed by atoms with van der Waals surface area (Å²) in [5.41, 5.74) is 0. The van der Waals surface area contributed by atoms with E-state index in [0.29, 0.717) is 0 Å². The van der Waals surface area contributed by atoms with Crippen molar-refractivity contribution in [2.45, 2.75) is 4.90 Å². The lowest BCUT2D eigenvalue weighted by Crippen LogP contribution is -2.03. The SMILES string of the molecule is O=[N+]([O-])c1ccc(/C=C(\c2ccc([N+](=O)[O-])o2)S(=O)(=O)c2ccccc2)o1. The minimum Gasteiger partial charge on any atom is -0.401 e. The van der Waals surface area contributed by atoms with E-state index in [9.17, 15) is 28.6 Å². The second-order valence-corrected chi connectivity index (χ2v) is 7.07. The zero-order chi connectivity index (χ0) is 19.6. The number of nitro groups is 2. The highest BCUT2D eigenvalue weighted by atomic mass is 32.2. The fourth-order valence-electron chi connectivity index (χ4n) is 2.21. The van der Waals surface area contributed by atoms with Crippen LogP contribution in [0.25, 0.3) is 11.0 Å². The standard InChI is InChI=1S/C16H10N2O8S/c19-17(20)15-8-6-11(25-15)10-14(13-7-9-16(26-13)18(21)22)27(23,24)12-4-2-1-3-5-12/h1-10H/b14-10+. The molecule has 0 fully saturated rings. The Bertz CT molecular complexity index is 1140. The molecule has 0 radical (unpaired) electrons. The molecule has 10 nitrogen and oxygen atoms in total. The van der Waals surface area contributed by atoms with Gasteiger partial charge in [0.2, 0.25) is 9.84 Å². The van der Waals surface area contributed by atoms with Gasteiger partial charge in [-0.05, 0) is 24.3 Å². The average molecular weight is 390 g/mol. The van der Waals surface area contributed by atoms with E-state index in [2.05, 4.69) is 0 Å². The minimum atomic E-state index is -4.16. The lowest BCUT2D eigenvalue weighted by Gasteiger charge is -2.06. The quantitative estimate of drug-likeness (QED) is 0.457. The van der Waals surface area contributed by atoms with Crippen molar-refractivity contribution in [3.63, 3.8) is 0 Å². The molecule has 0 N–H and O–H groups in total. The summed E-state index contributed by atoms with van der Waals surface area (Å²) in [6.07, 6.45) is 1.01. The normalized spacial score (nSPS) is 12.1. The van der Waals surface area contributed by atoms with Gasteiger partial charge < -0.3 is 8.83 Å². The molecule has 0 saturated carbocycles. The Balaban J connectivity index is 2.18. The molecule has 0 aliphatic carbocycles. The van der Waals surface area contributed by atoms with Crippen LogP contribution in [0.1, 0.15) is 11.5 Å². The number of benzene rings is 1. The van der Waals surface area contributed by atoms with Gasteiger partial charge in [-0.3, -0.25) is 20.2 Å². The molecule has 0 spiro atoms. The molecule has 27 heavy (non-hydrogen) atoms. The van der Waals surface area contributed by atoms with Crippen LogP contribution >= 0.6 is 0 Å². The molecular weight excluding hydrogens is 380 g/mol. The summed E-state index contributed by atoms with van der Waals surface area (Å²) in [6, 6.07) is 11.7. The molecule has 0 amide bonds. The van der Waals surface area contributed by atoms with E-state index in [0.717, 1.165) is 24.3 Å². The first kappa shape index (κ1) is 18.1. The van der Waals surface area contributed by atoms with Crippen LogP contribution in [0.3, 0.4) is 0 Å². The van der Waals surface area contributed by atoms with E-state index in [1.54, 1.807) is 6.07 Å². The van der Waals surface area contributed by atoms with Crippen molar-refractivity contribution in [2.75, 3.05) is 0 Å². The lowest BCUT2D eigenvalue weighted by atomic mass is 10.3. The summed E-state index contributed by atoms with van der Waals surface area (Å²) >= 11 is 0. The van der Waals surface area contributed by atoms with E-state index in [-0.39, 0.29) is 16.4 Å². The first-order valence-electron chi connectivity index (χ1n) is 7.29. The number of hydrogen-bond donors (Lipinski definition) is 0. The zero-order valence-electron chi connectivity index (χ0n) is 13.3. The molecule has 11 heteroatoms. The predicted octanol–water partition coefficient (Wildman–Crippen LogP) is 3.66. The predicted molar refractivity (Wildman–Crippen MR) is 92.2 cm³/mol. The third kappa shape index (κ3) is 3.62. The lowest BCUT2D eigenvalue weighted by molar-refractivity contribution is -0.402. The highest BCUT2D eigenvalue weighted by Gasteiger charge is 2.27. The Morgan fingerprint density at radius 1 is 0.852 bits per heavy atom. The molecule has 3 aromatic rings. The molecule has 2 heterocycles. The van der Waals surface area contributed by atoms with Crippen molar-refractivity contribution in [1.29, 1.82) is 0 Å². The molecular formula is C16H10N2O8S. The van der Waals surface area contributed by atoms with Crippen LogP contribution in [0.4, 0.5) is 11.8 Å². The molecule has 1 aromatic carbocycles. The van der Waals surface area contributed by atoms with Gasteiger partial charge in [-0.25, -0.2) is 8.42 Å². The summed E-state index contributed by atoms with van der Waals surface area (Å²) in [4.78, 5) is 19.5. The third-order valence-corrected chi connectivity index (χ3v) is 5.21. The average Bonchev–Trinajstić information content (AvgIpc) is 3.30. The van der Waals surface area contributed by atoms with Gasteiger partial charge in [-0.2, -0.15) is 0 Å². The fourth-order valence-corrected chi connectivity index (χ4v) is 3.63. The summed E-state index contributed by atoms with van der Waals surface area (Å²) in [7, 11) is -4.16. The summed E-state index contributed by atoms with van der Waals surface area (Å²) < 4.78 is 36.0. The molecule has 0 unspecified atom stereocenters. The van der Waals surface area contributed by atoms with Crippen molar-refractivity contribution in [1.82, 2.24) is 0 Å². The van der Waals surface area contributed by atoms with Crippen LogP contribution in [-0.4, -0.2) is 18.3 Å². The number of furan rings is 2. The van der Waals surface area contributed by atoms with Crippen molar-refractivity contribution < 1.29 is 27.1 Å². The van der Waals surface area contributed by atoms with Crippen LogP contribution in [-0.2, 0) is 9.84 Å². The maximum Gasteiger partial charge on any atom is 0.433 e. The van der Waals surface area contributed by atoms with E-state index >= 15 is 0 Å². The van der Waals surface area contributed by atoms with Gasteiger partial charge in [0.15, 0.2) is 5.76 Å².